The normalized spacial score (nSPS) is 19.4. The van der Waals surface area contributed by atoms with Crippen molar-refractivity contribution in [3.8, 4) is 0 Å². The SMILES string of the molecule is CN1C(=O)N(CC(=O)O)CC1c1ccc(Br)cc1. The van der Waals surface area contributed by atoms with Gasteiger partial charge in [-0.1, -0.05) is 28.1 Å². The molecule has 0 bridgehead atoms. The summed E-state index contributed by atoms with van der Waals surface area (Å²) < 4.78 is 0.973. The molecule has 6 heteroatoms. The van der Waals surface area contributed by atoms with E-state index in [-0.39, 0.29) is 18.6 Å². The maximum absolute atomic E-state index is 11.9. The van der Waals surface area contributed by atoms with E-state index in [1.54, 1.807) is 11.9 Å². The van der Waals surface area contributed by atoms with E-state index in [2.05, 4.69) is 15.9 Å². The molecule has 0 saturated carbocycles. The van der Waals surface area contributed by atoms with Crippen molar-refractivity contribution < 1.29 is 14.7 Å². The number of carboxylic acids is 1. The summed E-state index contributed by atoms with van der Waals surface area (Å²) in [6.45, 7) is 0.152. The molecular formula is C12H13BrN2O3. The van der Waals surface area contributed by atoms with Crippen molar-refractivity contribution in [1.82, 2.24) is 9.80 Å². The molecule has 1 aromatic rings. The molecule has 2 amide bonds. The van der Waals surface area contributed by atoms with Gasteiger partial charge in [-0.25, -0.2) is 4.79 Å². The number of carbonyl (C=O) groups is 2. The van der Waals surface area contributed by atoms with Crippen molar-refractivity contribution in [1.29, 1.82) is 0 Å². The number of amides is 2. The van der Waals surface area contributed by atoms with E-state index >= 15 is 0 Å². The van der Waals surface area contributed by atoms with Crippen LogP contribution in [0.25, 0.3) is 0 Å². The zero-order valence-corrected chi connectivity index (χ0v) is 11.4. The maximum atomic E-state index is 11.9. The third kappa shape index (κ3) is 2.48. The highest BCUT2D eigenvalue weighted by Gasteiger charge is 2.36. The van der Waals surface area contributed by atoms with Crippen LogP contribution in [0, 0.1) is 0 Å². The van der Waals surface area contributed by atoms with Crippen LogP contribution in [0.2, 0.25) is 0 Å². The Balaban J connectivity index is 2.18. The van der Waals surface area contributed by atoms with E-state index < -0.39 is 5.97 Å². The Morgan fingerprint density at radius 3 is 2.61 bits per heavy atom. The summed E-state index contributed by atoms with van der Waals surface area (Å²) >= 11 is 3.36. The summed E-state index contributed by atoms with van der Waals surface area (Å²) in [4.78, 5) is 25.5. The fourth-order valence-electron chi connectivity index (χ4n) is 2.08. The van der Waals surface area contributed by atoms with Gasteiger partial charge in [-0.2, -0.15) is 0 Å². The molecule has 96 valence electrons. The predicted molar refractivity (Wildman–Crippen MR) is 69.3 cm³/mol. The van der Waals surface area contributed by atoms with E-state index in [1.807, 2.05) is 24.3 Å². The Bertz CT molecular complexity index is 475. The van der Waals surface area contributed by atoms with E-state index in [0.29, 0.717) is 6.54 Å². The first-order valence-electron chi connectivity index (χ1n) is 5.48. The molecule has 1 saturated heterocycles. The van der Waals surface area contributed by atoms with Gasteiger partial charge >= 0.3 is 12.0 Å². The summed E-state index contributed by atoms with van der Waals surface area (Å²) in [7, 11) is 1.69. The number of benzene rings is 1. The van der Waals surface area contributed by atoms with Crippen LogP contribution in [-0.2, 0) is 4.79 Å². The van der Waals surface area contributed by atoms with Crippen LogP contribution < -0.4 is 0 Å². The van der Waals surface area contributed by atoms with Crippen LogP contribution in [0.5, 0.6) is 0 Å². The number of nitrogens with zero attached hydrogens (tertiary/aromatic N) is 2. The van der Waals surface area contributed by atoms with Gasteiger partial charge in [0.05, 0.1) is 6.04 Å². The summed E-state index contributed by atoms with van der Waals surface area (Å²) in [5.74, 6) is -0.992. The molecule has 1 fully saturated rings. The summed E-state index contributed by atoms with van der Waals surface area (Å²) in [5.41, 5.74) is 1.00. The van der Waals surface area contributed by atoms with Gasteiger partial charge in [-0.3, -0.25) is 4.79 Å². The predicted octanol–water partition coefficient (Wildman–Crippen LogP) is 1.94. The van der Waals surface area contributed by atoms with E-state index in [9.17, 15) is 9.59 Å². The zero-order valence-electron chi connectivity index (χ0n) is 9.84. The van der Waals surface area contributed by atoms with Crippen molar-refractivity contribution >= 4 is 27.9 Å². The fourth-order valence-corrected chi connectivity index (χ4v) is 2.34. The number of carboxylic acid groups (broad SMARTS) is 1. The molecule has 2 rings (SSSR count). The number of halogens is 1. The number of aliphatic carboxylic acids is 1. The lowest BCUT2D eigenvalue weighted by molar-refractivity contribution is -0.137. The molecule has 1 aliphatic rings. The minimum Gasteiger partial charge on any atom is -0.480 e. The van der Waals surface area contributed by atoms with E-state index in [0.717, 1.165) is 10.0 Å². The lowest BCUT2D eigenvalue weighted by Crippen LogP contribution is -2.33. The van der Waals surface area contributed by atoms with Crippen molar-refractivity contribution in [2.24, 2.45) is 0 Å². The second-order valence-electron chi connectivity index (χ2n) is 4.24. The lowest BCUT2D eigenvalue weighted by Gasteiger charge is -2.17. The first-order chi connectivity index (χ1) is 8.49. The Labute approximate surface area is 113 Å². The monoisotopic (exact) mass is 312 g/mol. The highest BCUT2D eigenvalue weighted by molar-refractivity contribution is 9.10. The Morgan fingerprint density at radius 2 is 2.06 bits per heavy atom. The summed E-state index contributed by atoms with van der Waals surface area (Å²) in [6.07, 6.45) is 0. The number of hydrogen-bond donors (Lipinski definition) is 1. The third-order valence-corrected chi connectivity index (χ3v) is 3.54. The number of rotatable bonds is 3. The van der Waals surface area contributed by atoms with Crippen LogP contribution in [-0.4, -0.2) is 47.0 Å². The first kappa shape index (κ1) is 12.9. The minimum atomic E-state index is -0.992. The van der Waals surface area contributed by atoms with Crippen molar-refractivity contribution in [3.05, 3.63) is 34.3 Å². The quantitative estimate of drug-likeness (QED) is 0.928. The summed E-state index contributed by atoms with van der Waals surface area (Å²) in [6, 6.07) is 7.35. The first-order valence-corrected chi connectivity index (χ1v) is 6.27. The molecule has 0 aromatic heterocycles. The molecule has 1 atom stereocenters. The van der Waals surface area contributed by atoms with Gasteiger partial charge in [-0.15, -0.1) is 0 Å². The standard InChI is InChI=1S/C12H13BrN2O3/c1-14-10(8-2-4-9(13)5-3-8)6-15(12(14)18)7-11(16)17/h2-5,10H,6-7H2,1H3,(H,16,17). The maximum Gasteiger partial charge on any atom is 0.323 e. The molecule has 1 heterocycles. The molecular weight excluding hydrogens is 300 g/mol. The van der Waals surface area contributed by atoms with E-state index in [1.165, 1.54) is 4.90 Å². The van der Waals surface area contributed by atoms with Gasteiger partial charge in [-0.05, 0) is 17.7 Å². The molecule has 5 nitrogen and oxygen atoms in total. The lowest BCUT2D eigenvalue weighted by atomic mass is 10.1. The zero-order chi connectivity index (χ0) is 13.3. The van der Waals surface area contributed by atoms with Crippen LogP contribution in [0.3, 0.4) is 0 Å². The average molecular weight is 313 g/mol. The molecule has 0 aliphatic carbocycles. The van der Waals surface area contributed by atoms with Gasteiger partial charge in [0.15, 0.2) is 0 Å². The number of urea groups is 1. The van der Waals surface area contributed by atoms with Gasteiger partial charge in [0.1, 0.15) is 6.54 Å². The van der Waals surface area contributed by atoms with E-state index in [4.69, 9.17) is 5.11 Å². The molecule has 0 spiro atoms. The van der Waals surface area contributed by atoms with Crippen molar-refractivity contribution in [2.45, 2.75) is 6.04 Å². The molecule has 1 N–H and O–H groups in total. The van der Waals surface area contributed by atoms with Crippen LogP contribution in [0.15, 0.2) is 28.7 Å². The number of likely N-dealkylation sites (N-methyl/N-ethyl adjacent to an activating group) is 1. The van der Waals surface area contributed by atoms with Crippen molar-refractivity contribution in [3.63, 3.8) is 0 Å². The Kier molecular flexibility index (Phi) is 3.56. The second-order valence-corrected chi connectivity index (χ2v) is 5.15. The summed E-state index contributed by atoms with van der Waals surface area (Å²) in [5, 5.41) is 8.75. The highest BCUT2D eigenvalue weighted by atomic mass is 79.9. The highest BCUT2D eigenvalue weighted by Crippen LogP contribution is 2.28. The van der Waals surface area contributed by atoms with Crippen LogP contribution >= 0.6 is 15.9 Å². The smallest absolute Gasteiger partial charge is 0.323 e. The third-order valence-electron chi connectivity index (χ3n) is 3.01. The van der Waals surface area contributed by atoms with Crippen LogP contribution in [0.4, 0.5) is 4.79 Å². The minimum absolute atomic E-state index is 0.0926. The van der Waals surface area contributed by atoms with Crippen molar-refractivity contribution in [2.75, 3.05) is 20.1 Å². The average Bonchev–Trinajstić information content (AvgIpc) is 2.58. The van der Waals surface area contributed by atoms with Gasteiger partial charge in [0.2, 0.25) is 0 Å². The number of carbonyl (C=O) groups excluding carboxylic acids is 1. The van der Waals surface area contributed by atoms with Gasteiger partial charge in [0, 0.05) is 18.1 Å². The van der Waals surface area contributed by atoms with Gasteiger partial charge in [0.25, 0.3) is 0 Å². The molecule has 1 unspecified atom stereocenters. The molecule has 0 radical (unpaired) electrons. The fraction of sp³-hybridized carbons (Fsp3) is 0.333. The van der Waals surface area contributed by atoms with Gasteiger partial charge < -0.3 is 14.9 Å². The molecule has 1 aliphatic heterocycles. The number of hydrogen-bond acceptors (Lipinski definition) is 2. The van der Waals surface area contributed by atoms with Crippen LogP contribution in [0.1, 0.15) is 11.6 Å². The Morgan fingerprint density at radius 1 is 1.44 bits per heavy atom. The largest absolute Gasteiger partial charge is 0.480 e. The second kappa shape index (κ2) is 4.97. The molecule has 18 heavy (non-hydrogen) atoms. The topological polar surface area (TPSA) is 60.9 Å². The molecule has 1 aromatic carbocycles. The Hall–Kier alpha value is -1.56.